The predicted octanol–water partition coefficient (Wildman–Crippen LogP) is 1.80. The molecular weight excluding hydrogens is 190 g/mol. The molecule has 0 atom stereocenters. The molecule has 2 rings (SSSR count). The van der Waals surface area contributed by atoms with E-state index >= 15 is 0 Å². The number of aldehydes is 1. The number of hydrogen-bond donors (Lipinski definition) is 0. The van der Waals surface area contributed by atoms with Crippen molar-refractivity contribution in [3.8, 4) is 0 Å². The third kappa shape index (κ3) is 1.65. The summed E-state index contributed by atoms with van der Waals surface area (Å²) in [4.78, 5) is 24.1. The average molecular weight is 203 g/mol. The SMILES string of the molecule is CN1C(=O)CCCc2c(C=O)cccc21. The smallest absolute Gasteiger partial charge is 0.226 e. The number of hydrogen-bond acceptors (Lipinski definition) is 2. The third-order valence-electron chi connectivity index (χ3n) is 2.87. The molecule has 0 saturated heterocycles. The van der Waals surface area contributed by atoms with Crippen LogP contribution in [0, 0.1) is 0 Å². The lowest BCUT2D eigenvalue weighted by atomic mass is 10.0. The Kier molecular flexibility index (Phi) is 2.54. The maximum atomic E-state index is 11.6. The molecule has 1 aromatic carbocycles. The van der Waals surface area contributed by atoms with Gasteiger partial charge in [0.2, 0.25) is 5.91 Å². The van der Waals surface area contributed by atoms with Crippen molar-refractivity contribution in [1.82, 2.24) is 0 Å². The van der Waals surface area contributed by atoms with Gasteiger partial charge >= 0.3 is 0 Å². The first kappa shape index (κ1) is 9.90. The number of fused-ring (bicyclic) bond motifs is 1. The predicted molar refractivity (Wildman–Crippen MR) is 58.2 cm³/mol. The topological polar surface area (TPSA) is 37.4 Å². The number of rotatable bonds is 1. The van der Waals surface area contributed by atoms with E-state index in [9.17, 15) is 9.59 Å². The van der Waals surface area contributed by atoms with Gasteiger partial charge in [-0.1, -0.05) is 12.1 Å². The van der Waals surface area contributed by atoms with Gasteiger partial charge < -0.3 is 4.90 Å². The first-order valence-corrected chi connectivity index (χ1v) is 5.07. The molecule has 1 aromatic rings. The quantitative estimate of drug-likeness (QED) is 0.653. The van der Waals surface area contributed by atoms with E-state index in [1.807, 2.05) is 12.1 Å². The Morgan fingerprint density at radius 1 is 1.33 bits per heavy atom. The number of carbonyl (C=O) groups excluding carboxylic acids is 2. The third-order valence-corrected chi connectivity index (χ3v) is 2.87. The minimum Gasteiger partial charge on any atom is -0.315 e. The van der Waals surface area contributed by atoms with Gasteiger partial charge in [0.15, 0.2) is 0 Å². The Morgan fingerprint density at radius 3 is 2.87 bits per heavy atom. The number of nitrogens with zero attached hydrogens (tertiary/aromatic N) is 1. The molecule has 0 N–H and O–H groups in total. The van der Waals surface area contributed by atoms with Gasteiger partial charge in [0.25, 0.3) is 0 Å². The van der Waals surface area contributed by atoms with Crippen LogP contribution in [-0.2, 0) is 11.2 Å². The zero-order valence-electron chi connectivity index (χ0n) is 8.69. The van der Waals surface area contributed by atoms with Crippen molar-refractivity contribution in [2.75, 3.05) is 11.9 Å². The van der Waals surface area contributed by atoms with E-state index < -0.39 is 0 Å². The minimum atomic E-state index is 0.122. The summed E-state index contributed by atoms with van der Waals surface area (Å²) in [5.41, 5.74) is 2.58. The normalized spacial score (nSPS) is 15.8. The average Bonchev–Trinajstić information content (AvgIpc) is 2.40. The second-order valence-corrected chi connectivity index (χ2v) is 3.77. The van der Waals surface area contributed by atoms with Crippen LogP contribution in [0.4, 0.5) is 5.69 Å². The fourth-order valence-corrected chi connectivity index (χ4v) is 2.01. The molecule has 0 aromatic heterocycles. The molecule has 15 heavy (non-hydrogen) atoms. The molecule has 0 unspecified atom stereocenters. The zero-order valence-corrected chi connectivity index (χ0v) is 8.69. The van der Waals surface area contributed by atoms with Crippen LogP contribution in [0.15, 0.2) is 18.2 Å². The Balaban J connectivity index is 2.56. The zero-order chi connectivity index (χ0) is 10.8. The first-order valence-electron chi connectivity index (χ1n) is 5.07. The van der Waals surface area contributed by atoms with Gasteiger partial charge in [-0.05, 0) is 24.5 Å². The minimum absolute atomic E-state index is 0.122. The lowest BCUT2D eigenvalue weighted by Crippen LogP contribution is -2.25. The molecule has 0 saturated carbocycles. The number of benzene rings is 1. The van der Waals surface area contributed by atoms with Gasteiger partial charge in [0.1, 0.15) is 6.29 Å². The molecule has 0 spiro atoms. The summed E-state index contributed by atoms with van der Waals surface area (Å²) in [5, 5.41) is 0. The fraction of sp³-hybridized carbons (Fsp3) is 0.333. The van der Waals surface area contributed by atoms with Crippen LogP contribution in [0.5, 0.6) is 0 Å². The van der Waals surface area contributed by atoms with E-state index in [-0.39, 0.29) is 5.91 Å². The van der Waals surface area contributed by atoms with E-state index in [4.69, 9.17) is 0 Å². The molecule has 0 fully saturated rings. The van der Waals surface area contributed by atoms with Gasteiger partial charge in [-0.3, -0.25) is 9.59 Å². The van der Waals surface area contributed by atoms with Gasteiger partial charge in [0.05, 0.1) is 0 Å². The highest BCUT2D eigenvalue weighted by Gasteiger charge is 2.20. The molecule has 3 heteroatoms. The van der Waals surface area contributed by atoms with Crippen LogP contribution in [0.3, 0.4) is 0 Å². The first-order chi connectivity index (χ1) is 7.24. The van der Waals surface area contributed by atoms with Gasteiger partial charge in [-0.2, -0.15) is 0 Å². The van der Waals surface area contributed by atoms with Gasteiger partial charge in [0, 0.05) is 24.7 Å². The molecular formula is C12H13NO2. The highest BCUT2D eigenvalue weighted by atomic mass is 16.2. The molecule has 0 radical (unpaired) electrons. The highest BCUT2D eigenvalue weighted by molar-refractivity contribution is 5.96. The maximum absolute atomic E-state index is 11.6. The van der Waals surface area contributed by atoms with Crippen molar-refractivity contribution in [1.29, 1.82) is 0 Å². The molecule has 3 nitrogen and oxygen atoms in total. The second kappa shape index (κ2) is 3.85. The van der Waals surface area contributed by atoms with Crippen LogP contribution in [-0.4, -0.2) is 19.2 Å². The van der Waals surface area contributed by atoms with Crippen LogP contribution in [0.1, 0.15) is 28.8 Å². The van der Waals surface area contributed by atoms with E-state index in [0.717, 1.165) is 30.4 Å². The van der Waals surface area contributed by atoms with E-state index in [2.05, 4.69) is 0 Å². The fourth-order valence-electron chi connectivity index (χ4n) is 2.01. The molecule has 1 aliphatic heterocycles. The van der Waals surface area contributed by atoms with Crippen molar-refractivity contribution in [2.24, 2.45) is 0 Å². The summed E-state index contributed by atoms with van der Waals surface area (Å²) in [6.07, 6.45) is 3.05. The second-order valence-electron chi connectivity index (χ2n) is 3.77. The van der Waals surface area contributed by atoms with Crippen molar-refractivity contribution < 1.29 is 9.59 Å². The van der Waals surface area contributed by atoms with Crippen LogP contribution in [0.25, 0.3) is 0 Å². The van der Waals surface area contributed by atoms with Crippen molar-refractivity contribution in [2.45, 2.75) is 19.3 Å². The summed E-state index contributed by atoms with van der Waals surface area (Å²) < 4.78 is 0. The van der Waals surface area contributed by atoms with E-state index in [0.29, 0.717) is 12.0 Å². The van der Waals surface area contributed by atoms with Crippen molar-refractivity contribution in [3.05, 3.63) is 29.3 Å². The summed E-state index contributed by atoms with van der Waals surface area (Å²) in [6, 6.07) is 5.51. The van der Waals surface area contributed by atoms with Crippen LogP contribution in [0.2, 0.25) is 0 Å². The standard InChI is InChI=1S/C12H13NO2/c1-13-11-6-2-4-9(8-14)10(11)5-3-7-12(13)15/h2,4,6,8H,3,5,7H2,1H3. The molecule has 0 bridgehead atoms. The van der Waals surface area contributed by atoms with E-state index in [1.54, 1.807) is 18.0 Å². The Labute approximate surface area is 88.7 Å². The summed E-state index contributed by atoms with van der Waals surface area (Å²) in [5.74, 6) is 0.122. The van der Waals surface area contributed by atoms with Gasteiger partial charge in [-0.25, -0.2) is 0 Å². The lowest BCUT2D eigenvalue weighted by Gasteiger charge is -2.18. The number of anilines is 1. The summed E-state index contributed by atoms with van der Waals surface area (Å²) in [7, 11) is 1.76. The Bertz CT molecular complexity index is 412. The Hall–Kier alpha value is -1.64. The Morgan fingerprint density at radius 2 is 2.13 bits per heavy atom. The molecule has 1 amide bonds. The molecule has 1 heterocycles. The largest absolute Gasteiger partial charge is 0.315 e. The van der Waals surface area contributed by atoms with Crippen molar-refractivity contribution >= 4 is 17.9 Å². The van der Waals surface area contributed by atoms with Gasteiger partial charge in [-0.15, -0.1) is 0 Å². The molecule has 78 valence electrons. The summed E-state index contributed by atoms with van der Waals surface area (Å²) in [6.45, 7) is 0. The van der Waals surface area contributed by atoms with Crippen LogP contribution < -0.4 is 4.90 Å². The monoisotopic (exact) mass is 203 g/mol. The molecule has 1 aliphatic rings. The number of carbonyl (C=O) groups is 2. The highest BCUT2D eigenvalue weighted by Crippen LogP contribution is 2.27. The number of amides is 1. The lowest BCUT2D eigenvalue weighted by molar-refractivity contribution is -0.118. The van der Waals surface area contributed by atoms with E-state index in [1.165, 1.54) is 0 Å². The molecule has 0 aliphatic carbocycles. The maximum Gasteiger partial charge on any atom is 0.226 e. The summed E-state index contributed by atoms with van der Waals surface area (Å²) >= 11 is 0. The van der Waals surface area contributed by atoms with Crippen LogP contribution >= 0.6 is 0 Å². The van der Waals surface area contributed by atoms with Crippen molar-refractivity contribution in [3.63, 3.8) is 0 Å².